The molecule has 2 rings (SSSR count). The molecular formula is C15H27NO2. The Balaban J connectivity index is 1.83. The Bertz CT molecular complexity index is 297. The molecular weight excluding hydrogens is 226 g/mol. The Kier molecular flexibility index (Phi) is 4.31. The molecule has 3 heteroatoms. The minimum Gasteiger partial charge on any atom is -0.481 e. The molecule has 0 aromatic heterocycles. The molecule has 0 bridgehead atoms. The van der Waals surface area contributed by atoms with Gasteiger partial charge in [-0.15, -0.1) is 0 Å². The molecule has 1 saturated carbocycles. The van der Waals surface area contributed by atoms with Crippen molar-refractivity contribution in [1.82, 2.24) is 4.90 Å². The van der Waals surface area contributed by atoms with Crippen molar-refractivity contribution in [1.29, 1.82) is 0 Å². The highest BCUT2D eigenvalue weighted by Crippen LogP contribution is 2.36. The van der Waals surface area contributed by atoms with E-state index in [2.05, 4.69) is 11.8 Å². The van der Waals surface area contributed by atoms with Crippen molar-refractivity contribution < 1.29 is 9.90 Å². The summed E-state index contributed by atoms with van der Waals surface area (Å²) in [4.78, 5) is 13.7. The smallest absolute Gasteiger partial charge is 0.310 e. The maximum absolute atomic E-state index is 11.3. The molecule has 1 aliphatic carbocycles. The summed E-state index contributed by atoms with van der Waals surface area (Å²) in [5, 5.41) is 9.27. The van der Waals surface area contributed by atoms with Crippen LogP contribution in [0.1, 0.15) is 58.8 Å². The van der Waals surface area contributed by atoms with Crippen molar-refractivity contribution in [2.45, 2.75) is 64.8 Å². The average Bonchev–Trinajstić information content (AvgIpc) is 2.75. The van der Waals surface area contributed by atoms with Crippen molar-refractivity contribution in [2.24, 2.45) is 11.3 Å². The third-order valence-corrected chi connectivity index (χ3v) is 5.05. The van der Waals surface area contributed by atoms with Crippen LogP contribution < -0.4 is 0 Å². The van der Waals surface area contributed by atoms with Gasteiger partial charge in [0.2, 0.25) is 0 Å². The van der Waals surface area contributed by atoms with E-state index < -0.39 is 11.4 Å². The molecule has 1 unspecified atom stereocenters. The first-order chi connectivity index (χ1) is 8.55. The second kappa shape index (κ2) is 5.60. The molecule has 2 aliphatic rings. The number of rotatable bonds is 4. The van der Waals surface area contributed by atoms with Crippen LogP contribution in [0, 0.1) is 11.3 Å². The van der Waals surface area contributed by atoms with Crippen LogP contribution in [-0.2, 0) is 4.79 Å². The summed E-state index contributed by atoms with van der Waals surface area (Å²) in [5.41, 5.74) is -0.500. The largest absolute Gasteiger partial charge is 0.481 e. The summed E-state index contributed by atoms with van der Waals surface area (Å²) < 4.78 is 0. The standard InChI is InChI=1S/C15H27NO2/c1-3-4-12-5-7-13(8-6-12)16-10-9-15(2,11-16)14(17)18/h12-13H,3-11H2,1-2H3,(H,17,18). The lowest BCUT2D eigenvalue weighted by molar-refractivity contribution is -0.147. The fourth-order valence-corrected chi connectivity index (χ4v) is 3.69. The van der Waals surface area contributed by atoms with E-state index in [0.717, 1.165) is 25.4 Å². The van der Waals surface area contributed by atoms with Gasteiger partial charge < -0.3 is 5.11 Å². The molecule has 1 saturated heterocycles. The number of aliphatic carboxylic acids is 1. The zero-order valence-corrected chi connectivity index (χ0v) is 11.8. The van der Waals surface area contributed by atoms with Crippen LogP contribution in [0.25, 0.3) is 0 Å². The normalized spacial score (nSPS) is 37.9. The number of carboxylic acid groups (broad SMARTS) is 1. The van der Waals surface area contributed by atoms with Gasteiger partial charge in [0.1, 0.15) is 0 Å². The highest BCUT2D eigenvalue weighted by atomic mass is 16.4. The molecule has 0 aromatic carbocycles. The van der Waals surface area contributed by atoms with E-state index in [-0.39, 0.29) is 0 Å². The highest BCUT2D eigenvalue weighted by molar-refractivity contribution is 5.74. The zero-order chi connectivity index (χ0) is 13.2. The predicted octanol–water partition coefficient (Wildman–Crippen LogP) is 3.14. The molecule has 104 valence electrons. The van der Waals surface area contributed by atoms with Crippen LogP contribution in [0.4, 0.5) is 0 Å². The van der Waals surface area contributed by atoms with Gasteiger partial charge in [-0.05, 0) is 51.5 Å². The Morgan fingerprint density at radius 1 is 1.33 bits per heavy atom. The predicted molar refractivity (Wildman–Crippen MR) is 72.6 cm³/mol. The Morgan fingerprint density at radius 2 is 2.00 bits per heavy atom. The van der Waals surface area contributed by atoms with Crippen LogP contribution in [0.15, 0.2) is 0 Å². The Labute approximate surface area is 111 Å². The van der Waals surface area contributed by atoms with E-state index in [1.807, 2.05) is 6.92 Å². The van der Waals surface area contributed by atoms with Crippen molar-refractivity contribution in [2.75, 3.05) is 13.1 Å². The molecule has 0 aromatic rings. The lowest BCUT2D eigenvalue weighted by Crippen LogP contribution is -2.39. The van der Waals surface area contributed by atoms with E-state index in [0.29, 0.717) is 6.04 Å². The van der Waals surface area contributed by atoms with Crippen LogP contribution >= 0.6 is 0 Å². The molecule has 1 heterocycles. The maximum atomic E-state index is 11.3. The average molecular weight is 253 g/mol. The summed E-state index contributed by atoms with van der Waals surface area (Å²) in [6.07, 6.45) is 8.74. The molecule has 2 fully saturated rings. The van der Waals surface area contributed by atoms with Gasteiger partial charge in [0.15, 0.2) is 0 Å². The maximum Gasteiger partial charge on any atom is 0.310 e. The molecule has 0 spiro atoms. The monoisotopic (exact) mass is 253 g/mol. The minimum atomic E-state index is -0.621. The number of likely N-dealkylation sites (tertiary alicyclic amines) is 1. The van der Waals surface area contributed by atoms with Gasteiger partial charge in [0.25, 0.3) is 0 Å². The van der Waals surface area contributed by atoms with Crippen molar-refractivity contribution in [3.63, 3.8) is 0 Å². The SMILES string of the molecule is CCCC1CCC(N2CCC(C)(C(=O)O)C2)CC1. The first-order valence-electron chi connectivity index (χ1n) is 7.52. The van der Waals surface area contributed by atoms with Gasteiger partial charge in [-0.1, -0.05) is 19.8 Å². The van der Waals surface area contributed by atoms with Crippen molar-refractivity contribution >= 4 is 5.97 Å². The zero-order valence-electron chi connectivity index (χ0n) is 11.8. The summed E-state index contributed by atoms with van der Waals surface area (Å²) in [6, 6.07) is 0.652. The topological polar surface area (TPSA) is 40.5 Å². The molecule has 1 atom stereocenters. The fourth-order valence-electron chi connectivity index (χ4n) is 3.69. The Hall–Kier alpha value is -0.570. The first kappa shape index (κ1) is 13.9. The Morgan fingerprint density at radius 3 is 2.50 bits per heavy atom. The number of carboxylic acids is 1. The van der Waals surface area contributed by atoms with E-state index >= 15 is 0 Å². The van der Waals surface area contributed by atoms with E-state index in [1.54, 1.807) is 0 Å². The first-order valence-corrected chi connectivity index (χ1v) is 7.52. The lowest BCUT2D eigenvalue weighted by Gasteiger charge is -2.35. The quantitative estimate of drug-likeness (QED) is 0.836. The molecule has 1 aliphatic heterocycles. The van der Waals surface area contributed by atoms with E-state index in [9.17, 15) is 9.90 Å². The molecule has 0 amide bonds. The summed E-state index contributed by atoms with van der Waals surface area (Å²) in [7, 11) is 0. The van der Waals surface area contributed by atoms with Crippen LogP contribution in [0.2, 0.25) is 0 Å². The van der Waals surface area contributed by atoms with Crippen LogP contribution in [-0.4, -0.2) is 35.1 Å². The van der Waals surface area contributed by atoms with Crippen molar-refractivity contribution in [3.8, 4) is 0 Å². The van der Waals surface area contributed by atoms with Gasteiger partial charge in [0, 0.05) is 12.6 Å². The van der Waals surface area contributed by atoms with Crippen LogP contribution in [0.5, 0.6) is 0 Å². The second-order valence-corrected chi connectivity index (χ2v) is 6.55. The van der Waals surface area contributed by atoms with E-state index in [4.69, 9.17) is 0 Å². The third-order valence-electron chi connectivity index (χ3n) is 5.05. The second-order valence-electron chi connectivity index (χ2n) is 6.55. The fraction of sp³-hybridized carbons (Fsp3) is 0.933. The van der Waals surface area contributed by atoms with Gasteiger partial charge in [-0.3, -0.25) is 9.69 Å². The van der Waals surface area contributed by atoms with Crippen molar-refractivity contribution in [3.05, 3.63) is 0 Å². The molecule has 3 nitrogen and oxygen atoms in total. The number of hydrogen-bond acceptors (Lipinski definition) is 2. The summed E-state index contributed by atoms with van der Waals surface area (Å²) in [5.74, 6) is 0.310. The van der Waals surface area contributed by atoms with Gasteiger partial charge in [0.05, 0.1) is 5.41 Å². The van der Waals surface area contributed by atoms with Crippen LogP contribution in [0.3, 0.4) is 0 Å². The minimum absolute atomic E-state index is 0.500. The highest BCUT2D eigenvalue weighted by Gasteiger charge is 2.42. The molecule has 1 N–H and O–H groups in total. The summed E-state index contributed by atoms with van der Waals surface area (Å²) in [6.45, 7) is 5.90. The third kappa shape index (κ3) is 2.87. The van der Waals surface area contributed by atoms with Gasteiger partial charge >= 0.3 is 5.97 Å². The lowest BCUT2D eigenvalue weighted by atomic mass is 9.83. The molecule has 18 heavy (non-hydrogen) atoms. The molecule has 0 radical (unpaired) electrons. The number of nitrogens with zero attached hydrogens (tertiary/aromatic N) is 1. The summed E-state index contributed by atoms with van der Waals surface area (Å²) >= 11 is 0. The van der Waals surface area contributed by atoms with Gasteiger partial charge in [-0.25, -0.2) is 0 Å². The number of hydrogen-bond donors (Lipinski definition) is 1. The number of carbonyl (C=O) groups is 1. The van der Waals surface area contributed by atoms with Gasteiger partial charge in [-0.2, -0.15) is 0 Å². The van der Waals surface area contributed by atoms with E-state index in [1.165, 1.54) is 38.5 Å².